The van der Waals surface area contributed by atoms with Crippen LogP contribution in [0.3, 0.4) is 0 Å². The van der Waals surface area contributed by atoms with Gasteiger partial charge in [0, 0.05) is 12.8 Å². The molecule has 3 heteroatoms. The highest BCUT2D eigenvalue weighted by Gasteiger charge is 2.03. The first-order valence-corrected chi connectivity index (χ1v) is 4.54. The average molecular weight is 193 g/mol. The summed E-state index contributed by atoms with van der Waals surface area (Å²) in [6, 6.07) is 9.36. The molecule has 0 saturated carbocycles. The van der Waals surface area contributed by atoms with E-state index in [9.17, 15) is 9.90 Å². The van der Waals surface area contributed by atoms with E-state index in [4.69, 9.17) is 4.74 Å². The lowest BCUT2D eigenvalue weighted by Crippen LogP contribution is -2.12. The molecule has 0 heterocycles. The first kappa shape index (κ1) is 10.7. The van der Waals surface area contributed by atoms with Crippen LogP contribution >= 0.6 is 0 Å². The first-order valence-electron chi connectivity index (χ1n) is 4.54. The third kappa shape index (κ3) is 4.05. The quantitative estimate of drug-likeness (QED) is 0.741. The third-order valence-corrected chi connectivity index (χ3v) is 1.78. The van der Waals surface area contributed by atoms with Gasteiger partial charge in [0.05, 0.1) is 12.7 Å². The standard InChI is InChI=1S/C11H13O3/c12-8-6-10(13)7-9-14-11-4-2-1-3-5-11/h1-5,10,13H,6-7,9H2. The van der Waals surface area contributed by atoms with Crippen LogP contribution < -0.4 is 4.74 Å². The minimum atomic E-state index is -0.642. The van der Waals surface area contributed by atoms with E-state index in [1.54, 1.807) is 6.29 Å². The molecule has 75 valence electrons. The summed E-state index contributed by atoms with van der Waals surface area (Å²) in [5.41, 5.74) is 0. The van der Waals surface area contributed by atoms with Gasteiger partial charge >= 0.3 is 0 Å². The molecule has 1 radical (unpaired) electrons. The van der Waals surface area contributed by atoms with Crippen LogP contribution in [0, 0.1) is 0 Å². The minimum absolute atomic E-state index is 0.0537. The predicted molar refractivity (Wildman–Crippen MR) is 52.9 cm³/mol. The van der Waals surface area contributed by atoms with Gasteiger partial charge in [0.2, 0.25) is 6.29 Å². The Morgan fingerprint density at radius 2 is 2.07 bits per heavy atom. The molecule has 1 rings (SSSR count). The van der Waals surface area contributed by atoms with Crippen molar-refractivity contribution in [3.05, 3.63) is 30.3 Å². The van der Waals surface area contributed by atoms with Crippen molar-refractivity contribution in [2.45, 2.75) is 18.9 Å². The highest BCUT2D eigenvalue weighted by molar-refractivity contribution is 5.51. The Bertz CT molecular complexity index is 258. The lowest BCUT2D eigenvalue weighted by atomic mass is 10.2. The van der Waals surface area contributed by atoms with Crippen molar-refractivity contribution < 1.29 is 14.6 Å². The summed E-state index contributed by atoms with van der Waals surface area (Å²) in [6.07, 6.45) is 1.52. The van der Waals surface area contributed by atoms with Crippen LogP contribution in [-0.2, 0) is 4.79 Å². The van der Waals surface area contributed by atoms with E-state index in [1.807, 2.05) is 30.3 Å². The van der Waals surface area contributed by atoms with E-state index in [0.717, 1.165) is 5.75 Å². The summed E-state index contributed by atoms with van der Waals surface area (Å²) < 4.78 is 5.33. The molecule has 1 unspecified atom stereocenters. The predicted octanol–water partition coefficient (Wildman–Crippen LogP) is 1.32. The first-order chi connectivity index (χ1) is 6.83. The summed E-state index contributed by atoms with van der Waals surface area (Å²) in [6.45, 7) is 0.410. The molecular formula is C11H13O3. The van der Waals surface area contributed by atoms with Crippen molar-refractivity contribution in [1.29, 1.82) is 0 Å². The Kier molecular flexibility index (Phi) is 4.72. The van der Waals surface area contributed by atoms with E-state index < -0.39 is 6.10 Å². The van der Waals surface area contributed by atoms with Crippen LogP contribution in [0.1, 0.15) is 12.8 Å². The van der Waals surface area contributed by atoms with Crippen molar-refractivity contribution in [2.75, 3.05) is 6.61 Å². The van der Waals surface area contributed by atoms with Gasteiger partial charge in [-0.15, -0.1) is 0 Å². The molecule has 0 fully saturated rings. The second kappa shape index (κ2) is 6.16. The van der Waals surface area contributed by atoms with Crippen LogP contribution in [0.25, 0.3) is 0 Å². The second-order valence-corrected chi connectivity index (χ2v) is 2.95. The molecule has 1 atom stereocenters. The minimum Gasteiger partial charge on any atom is -0.493 e. The van der Waals surface area contributed by atoms with Gasteiger partial charge in [-0.25, -0.2) is 0 Å². The number of rotatable bonds is 6. The van der Waals surface area contributed by atoms with E-state index in [-0.39, 0.29) is 6.42 Å². The number of ether oxygens (including phenoxy) is 1. The van der Waals surface area contributed by atoms with Gasteiger partial charge < -0.3 is 9.84 Å². The smallest absolute Gasteiger partial charge is 0.201 e. The van der Waals surface area contributed by atoms with Gasteiger partial charge in [0.25, 0.3) is 0 Å². The Morgan fingerprint density at radius 3 is 2.71 bits per heavy atom. The summed E-state index contributed by atoms with van der Waals surface area (Å²) >= 11 is 0. The third-order valence-electron chi connectivity index (χ3n) is 1.78. The molecule has 0 saturated heterocycles. The lowest BCUT2D eigenvalue weighted by molar-refractivity contribution is 0.145. The second-order valence-electron chi connectivity index (χ2n) is 2.95. The van der Waals surface area contributed by atoms with Crippen molar-refractivity contribution in [3.8, 4) is 5.75 Å². The van der Waals surface area contributed by atoms with Crippen molar-refractivity contribution in [2.24, 2.45) is 0 Å². The maximum atomic E-state index is 9.92. The molecule has 1 N–H and O–H groups in total. The highest BCUT2D eigenvalue weighted by atomic mass is 16.5. The SMILES string of the molecule is O=[C]CC(O)CCOc1ccccc1. The molecule has 0 bridgehead atoms. The average Bonchev–Trinajstić information content (AvgIpc) is 2.20. The van der Waals surface area contributed by atoms with Crippen LogP contribution in [-0.4, -0.2) is 24.1 Å². The number of hydrogen-bond acceptors (Lipinski definition) is 3. The summed E-state index contributed by atoms with van der Waals surface area (Å²) in [7, 11) is 0. The van der Waals surface area contributed by atoms with Gasteiger partial charge in [0.1, 0.15) is 5.75 Å². The highest BCUT2D eigenvalue weighted by Crippen LogP contribution is 2.09. The molecule has 0 amide bonds. The zero-order chi connectivity index (χ0) is 10.2. The number of aliphatic hydroxyl groups excluding tert-OH is 1. The fourth-order valence-electron chi connectivity index (χ4n) is 1.03. The van der Waals surface area contributed by atoms with Gasteiger partial charge in [-0.2, -0.15) is 0 Å². The summed E-state index contributed by atoms with van der Waals surface area (Å²) in [5, 5.41) is 9.18. The molecule has 0 spiro atoms. The van der Waals surface area contributed by atoms with Crippen LogP contribution in [0.2, 0.25) is 0 Å². The molecular weight excluding hydrogens is 180 g/mol. The molecule has 14 heavy (non-hydrogen) atoms. The van der Waals surface area contributed by atoms with Gasteiger partial charge in [0.15, 0.2) is 0 Å². The number of aliphatic hydroxyl groups is 1. The van der Waals surface area contributed by atoms with E-state index in [1.165, 1.54) is 0 Å². The molecule has 1 aromatic carbocycles. The van der Waals surface area contributed by atoms with E-state index in [0.29, 0.717) is 13.0 Å². The number of hydrogen-bond donors (Lipinski definition) is 1. The number of carbonyl (C=O) groups excluding carboxylic acids is 1. The largest absolute Gasteiger partial charge is 0.493 e. The maximum absolute atomic E-state index is 9.92. The topological polar surface area (TPSA) is 46.5 Å². The summed E-state index contributed by atoms with van der Waals surface area (Å²) in [5.74, 6) is 0.773. The molecule has 0 aliphatic heterocycles. The van der Waals surface area contributed by atoms with Crippen LogP contribution in [0.15, 0.2) is 30.3 Å². The fourth-order valence-corrected chi connectivity index (χ4v) is 1.03. The molecule has 0 aliphatic rings. The van der Waals surface area contributed by atoms with Crippen LogP contribution in [0.4, 0.5) is 0 Å². The molecule has 1 aromatic rings. The normalized spacial score (nSPS) is 12.1. The Hall–Kier alpha value is -1.35. The van der Waals surface area contributed by atoms with E-state index >= 15 is 0 Å². The molecule has 3 nitrogen and oxygen atoms in total. The Labute approximate surface area is 83.3 Å². The van der Waals surface area contributed by atoms with Gasteiger partial charge in [-0.3, -0.25) is 4.79 Å². The van der Waals surface area contributed by atoms with Crippen LogP contribution in [0.5, 0.6) is 5.75 Å². The number of para-hydroxylation sites is 1. The van der Waals surface area contributed by atoms with Crippen molar-refractivity contribution >= 4 is 6.29 Å². The molecule has 0 aliphatic carbocycles. The fraction of sp³-hybridized carbons (Fsp3) is 0.364. The zero-order valence-electron chi connectivity index (χ0n) is 7.85. The van der Waals surface area contributed by atoms with Crippen molar-refractivity contribution in [1.82, 2.24) is 0 Å². The van der Waals surface area contributed by atoms with Gasteiger partial charge in [-0.05, 0) is 12.1 Å². The molecule has 0 aromatic heterocycles. The monoisotopic (exact) mass is 193 g/mol. The summed E-state index contributed by atoms with van der Waals surface area (Å²) in [4.78, 5) is 9.92. The zero-order valence-corrected chi connectivity index (χ0v) is 7.85. The maximum Gasteiger partial charge on any atom is 0.201 e. The Balaban J connectivity index is 2.18. The number of benzene rings is 1. The van der Waals surface area contributed by atoms with E-state index in [2.05, 4.69) is 0 Å². The Morgan fingerprint density at radius 1 is 1.36 bits per heavy atom. The lowest BCUT2D eigenvalue weighted by Gasteiger charge is -2.08. The van der Waals surface area contributed by atoms with Gasteiger partial charge in [-0.1, -0.05) is 18.2 Å². The van der Waals surface area contributed by atoms with Crippen molar-refractivity contribution in [3.63, 3.8) is 0 Å².